The maximum absolute atomic E-state index is 9.99. The van der Waals surface area contributed by atoms with Gasteiger partial charge in [-0.25, -0.2) is 0 Å². The average Bonchev–Trinajstić information content (AvgIpc) is 1.61. The summed E-state index contributed by atoms with van der Waals surface area (Å²) in [6.45, 7) is 0.639. The van der Waals surface area contributed by atoms with Crippen LogP contribution in [0.4, 0.5) is 0 Å². The fraction of sp³-hybridized carbons (Fsp3) is 0.667. The SMILES string of the molecule is O=C1NC[C@@H]1Cl. The Hall–Kier alpha value is -0.240. The summed E-state index contributed by atoms with van der Waals surface area (Å²) in [5, 5.41) is 2.24. The molecule has 0 aromatic carbocycles. The maximum atomic E-state index is 9.99. The smallest absolute Gasteiger partial charge is 0.239 e. The van der Waals surface area contributed by atoms with Crippen LogP contribution >= 0.6 is 11.6 Å². The van der Waals surface area contributed by atoms with Crippen molar-refractivity contribution < 1.29 is 4.79 Å². The predicted molar refractivity (Wildman–Crippen MR) is 22.7 cm³/mol. The highest BCUT2D eigenvalue weighted by molar-refractivity contribution is 6.33. The second-order valence-electron chi connectivity index (χ2n) is 1.21. The van der Waals surface area contributed by atoms with Crippen molar-refractivity contribution in [3.63, 3.8) is 0 Å². The van der Waals surface area contributed by atoms with Crippen LogP contribution in [0.15, 0.2) is 0 Å². The molecule has 0 radical (unpaired) electrons. The molecule has 0 spiro atoms. The fourth-order valence-corrected chi connectivity index (χ4v) is 0.417. The van der Waals surface area contributed by atoms with E-state index in [1.807, 2.05) is 0 Å². The molecule has 0 aromatic rings. The van der Waals surface area contributed by atoms with E-state index in [2.05, 4.69) is 5.32 Å². The van der Waals surface area contributed by atoms with Gasteiger partial charge in [-0.3, -0.25) is 4.79 Å². The first kappa shape index (κ1) is 3.93. The number of halogens is 1. The molecule has 1 rings (SSSR count). The maximum Gasteiger partial charge on any atom is 0.239 e. The Bertz CT molecular complexity index is 82.9. The van der Waals surface area contributed by atoms with Crippen LogP contribution in [-0.4, -0.2) is 17.8 Å². The van der Waals surface area contributed by atoms with Crippen LogP contribution in [0, 0.1) is 0 Å². The predicted octanol–water partition coefficient (Wildman–Crippen LogP) is -0.276. The van der Waals surface area contributed by atoms with Crippen molar-refractivity contribution in [3.8, 4) is 0 Å². The largest absolute Gasteiger partial charge is 0.353 e. The Morgan fingerprint density at radius 3 is 2.50 bits per heavy atom. The molecule has 1 amide bonds. The minimum atomic E-state index is -0.245. The lowest BCUT2D eigenvalue weighted by molar-refractivity contribution is -0.124. The van der Waals surface area contributed by atoms with E-state index in [-0.39, 0.29) is 11.3 Å². The van der Waals surface area contributed by atoms with Crippen molar-refractivity contribution in [1.82, 2.24) is 5.32 Å². The van der Waals surface area contributed by atoms with Gasteiger partial charge in [-0.05, 0) is 0 Å². The molecule has 1 fully saturated rings. The third-order valence-electron chi connectivity index (χ3n) is 0.740. The first-order valence-electron chi connectivity index (χ1n) is 1.72. The van der Waals surface area contributed by atoms with Gasteiger partial charge in [0.2, 0.25) is 5.91 Å². The van der Waals surface area contributed by atoms with Crippen LogP contribution in [0.25, 0.3) is 0 Å². The number of alkyl halides is 1. The number of β-lactam (4-membered cyclic amide) rings is 1. The van der Waals surface area contributed by atoms with Gasteiger partial charge in [0.25, 0.3) is 0 Å². The molecule has 1 saturated heterocycles. The molecule has 1 atom stereocenters. The second kappa shape index (κ2) is 1.12. The molecular weight excluding hydrogens is 101 g/mol. The highest BCUT2D eigenvalue weighted by Crippen LogP contribution is 2.00. The molecule has 1 heterocycles. The number of nitrogens with one attached hydrogen (secondary N) is 1. The number of hydrogen-bond donors (Lipinski definition) is 1. The van der Waals surface area contributed by atoms with E-state index in [4.69, 9.17) is 11.6 Å². The number of rotatable bonds is 0. The third-order valence-corrected chi connectivity index (χ3v) is 1.09. The first-order chi connectivity index (χ1) is 2.80. The van der Waals surface area contributed by atoms with E-state index >= 15 is 0 Å². The molecule has 34 valence electrons. The van der Waals surface area contributed by atoms with Gasteiger partial charge in [-0.15, -0.1) is 11.6 Å². The summed E-state index contributed by atoms with van der Waals surface area (Å²) in [6, 6.07) is 0. The summed E-state index contributed by atoms with van der Waals surface area (Å²) in [5.41, 5.74) is 0. The van der Waals surface area contributed by atoms with Gasteiger partial charge < -0.3 is 5.32 Å². The van der Waals surface area contributed by atoms with Crippen LogP contribution in [0.2, 0.25) is 0 Å². The van der Waals surface area contributed by atoms with E-state index in [9.17, 15) is 4.79 Å². The van der Waals surface area contributed by atoms with Gasteiger partial charge in [0.05, 0.1) is 0 Å². The minimum Gasteiger partial charge on any atom is -0.353 e. The van der Waals surface area contributed by atoms with Crippen molar-refractivity contribution in [2.45, 2.75) is 5.38 Å². The Labute approximate surface area is 40.5 Å². The van der Waals surface area contributed by atoms with Crippen molar-refractivity contribution in [2.75, 3.05) is 6.54 Å². The van der Waals surface area contributed by atoms with Gasteiger partial charge in [-0.2, -0.15) is 0 Å². The lowest BCUT2D eigenvalue weighted by atomic mass is 10.3. The van der Waals surface area contributed by atoms with E-state index in [0.29, 0.717) is 6.54 Å². The third kappa shape index (κ3) is 0.373. The van der Waals surface area contributed by atoms with E-state index < -0.39 is 0 Å². The highest BCUT2D eigenvalue weighted by Gasteiger charge is 2.23. The second-order valence-corrected chi connectivity index (χ2v) is 1.74. The van der Waals surface area contributed by atoms with Crippen LogP contribution in [-0.2, 0) is 4.79 Å². The van der Waals surface area contributed by atoms with Gasteiger partial charge in [0.15, 0.2) is 0 Å². The zero-order valence-corrected chi connectivity index (χ0v) is 3.83. The van der Waals surface area contributed by atoms with Gasteiger partial charge >= 0.3 is 0 Å². The summed E-state index contributed by atoms with van der Waals surface area (Å²) < 4.78 is 0. The van der Waals surface area contributed by atoms with E-state index in [0.717, 1.165) is 0 Å². The molecule has 0 unspecified atom stereocenters. The van der Waals surface area contributed by atoms with E-state index in [1.165, 1.54) is 0 Å². The molecule has 1 aliphatic heterocycles. The van der Waals surface area contributed by atoms with Gasteiger partial charge in [-0.1, -0.05) is 0 Å². The zero-order chi connectivity index (χ0) is 4.57. The van der Waals surface area contributed by atoms with Crippen LogP contribution in [0.1, 0.15) is 0 Å². The van der Waals surface area contributed by atoms with Crippen LogP contribution in [0.5, 0.6) is 0 Å². The standard InChI is InChI=1S/C3H4ClNO/c4-2-1-5-3(2)6/h2H,1H2,(H,5,6)/t2-/m0/s1. The molecule has 2 nitrogen and oxygen atoms in total. The van der Waals surface area contributed by atoms with E-state index in [1.54, 1.807) is 0 Å². The summed E-state index contributed by atoms with van der Waals surface area (Å²) in [4.78, 5) is 9.99. The minimum absolute atomic E-state index is 0.0448. The summed E-state index contributed by atoms with van der Waals surface area (Å²) >= 11 is 5.29. The summed E-state index contributed by atoms with van der Waals surface area (Å²) in [6.07, 6.45) is 0. The Morgan fingerprint density at radius 2 is 2.50 bits per heavy atom. The zero-order valence-electron chi connectivity index (χ0n) is 3.07. The summed E-state index contributed by atoms with van der Waals surface area (Å²) in [5.74, 6) is -0.0448. The van der Waals surface area contributed by atoms with Crippen molar-refractivity contribution in [2.24, 2.45) is 0 Å². The average molecular weight is 106 g/mol. The molecule has 0 aliphatic carbocycles. The first-order valence-corrected chi connectivity index (χ1v) is 2.16. The Kier molecular flexibility index (Phi) is 0.733. The molecule has 1 aliphatic rings. The highest BCUT2D eigenvalue weighted by atomic mass is 35.5. The van der Waals surface area contributed by atoms with Crippen molar-refractivity contribution in [3.05, 3.63) is 0 Å². The van der Waals surface area contributed by atoms with Crippen molar-refractivity contribution in [1.29, 1.82) is 0 Å². The molecule has 0 aromatic heterocycles. The number of carbonyl (C=O) groups excluding carboxylic acids is 1. The molecule has 0 bridgehead atoms. The number of hydrogen-bond acceptors (Lipinski definition) is 1. The van der Waals surface area contributed by atoms with Gasteiger partial charge in [0, 0.05) is 6.54 Å². The summed E-state index contributed by atoms with van der Waals surface area (Å²) in [7, 11) is 0. The molecule has 1 N–H and O–H groups in total. The molecule has 0 saturated carbocycles. The quantitative estimate of drug-likeness (QED) is 0.333. The topological polar surface area (TPSA) is 29.1 Å². The van der Waals surface area contributed by atoms with Crippen LogP contribution in [0.3, 0.4) is 0 Å². The van der Waals surface area contributed by atoms with Gasteiger partial charge in [0.1, 0.15) is 5.38 Å². The molecule has 6 heavy (non-hydrogen) atoms. The number of amides is 1. The molecular formula is C3H4ClNO. The Balaban J connectivity index is 2.39. The number of carbonyl (C=O) groups is 1. The lowest BCUT2D eigenvalue weighted by Gasteiger charge is -2.18. The molecule has 3 heteroatoms. The normalized spacial score (nSPS) is 31.5. The van der Waals surface area contributed by atoms with Crippen molar-refractivity contribution >= 4 is 17.5 Å². The monoisotopic (exact) mass is 105 g/mol. The van der Waals surface area contributed by atoms with Crippen LogP contribution < -0.4 is 5.32 Å². The fourth-order valence-electron chi connectivity index (χ4n) is 0.263. The lowest BCUT2D eigenvalue weighted by Crippen LogP contribution is -2.49. The Morgan fingerprint density at radius 1 is 2.00 bits per heavy atom.